The average molecular weight is 467 g/mol. The number of nitrogens with zero attached hydrogens (tertiary/aromatic N) is 2. The molecule has 0 saturated carbocycles. The third-order valence-corrected chi connectivity index (χ3v) is 9.86. The van der Waals surface area contributed by atoms with Crippen LogP contribution in [0.5, 0.6) is 0 Å². The summed E-state index contributed by atoms with van der Waals surface area (Å²) in [7, 11) is 6.92. The Morgan fingerprint density at radius 2 is 1.29 bits per heavy atom. The Labute approximate surface area is 195 Å². The Morgan fingerprint density at radius 1 is 0.742 bits per heavy atom. The zero-order valence-electron chi connectivity index (χ0n) is 21.1. The van der Waals surface area contributed by atoms with Crippen molar-refractivity contribution in [1.29, 1.82) is 0 Å². The van der Waals surface area contributed by atoms with E-state index in [0.29, 0.717) is 19.8 Å². The quantitative estimate of drug-likeness (QED) is 0.226. The molecule has 0 aliphatic rings. The minimum atomic E-state index is -2.45. The number of anilines is 2. The zero-order chi connectivity index (χ0) is 23.1. The summed E-state index contributed by atoms with van der Waals surface area (Å²) < 4.78 is 17.8. The largest absolute Gasteiger partial charge is 0.500 e. The van der Waals surface area contributed by atoms with Crippen molar-refractivity contribution in [3.05, 3.63) is 18.2 Å². The normalized spacial score (nSPS) is 11.7. The highest BCUT2D eigenvalue weighted by atomic mass is 28.4. The van der Waals surface area contributed by atoms with Gasteiger partial charge in [-0.1, -0.05) is 44.2 Å². The molecule has 0 saturated heterocycles. The van der Waals surface area contributed by atoms with Crippen molar-refractivity contribution in [3.8, 4) is 0 Å². The van der Waals surface area contributed by atoms with Gasteiger partial charge in [-0.15, -0.1) is 0 Å². The van der Waals surface area contributed by atoms with Crippen LogP contribution < -0.4 is 15.0 Å². The Bertz CT molecular complexity index is 583. The van der Waals surface area contributed by atoms with Crippen LogP contribution in [-0.2, 0) is 13.3 Å². The minimum Gasteiger partial charge on any atom is -0.378 e. The molecular formula is C24H46N2O3Si2. The molecule has 0 heterocycles. The van der Waals surface area contributed by atoms with Crippen LogP contribution in [-0.4, -0.2) is 66.3 Å². The molecule has 0 aliphatic heterocycles. The van der Waals surface area contributed by atoms with E-state index in [2.05, 4.69) is 56.2 Å². The summed E-state index contributed by atoms with van der Waals surface area (Å²) in [5.74, 6) is 0. The number of unbranched alkanes of at least 4 members (excludes halogenated alkanes) is 5. The minimum absolute atomic E-state index is 0.667. The summed E-state index contributed by atoms with van der Waals surface area (Å²) in [6, 6.07) is 9.09. The highest BCUT2D eigenvalue weighted by molar-refractivity contribution is 6.60. The van der Waals surface area contributed by atoms with Crippen LogP contribution in [0.1, 0.15) is 59.3 Å². The SMILES string of the molecule is CCO[Si](CCCCCCCC[Si]c1ccc(N(C)C)cc1N(C)C)(OCC)OCC. The lowest BCUT2D eigenvalue weighted by Crippen LogP contribution is -2.45. The molecule has 1 aromatic carbocycles. The Kier molecular flexibility index (Phi) is 14.4. The lowest BCUT2D eigenvalue weighted by atomic mass is 10.1. The molecule has 0 bridgehead atoms. The van der Waals surface area contributed by atoms with E-state index in [-0.39, 0.29) is 0 Å². The van der Waals surface area contributed by atoms with Gasteiger partial charge in [-0.05, 0) is 44.5 Å². The summed E-state index contributed by atoms with van der Waals surface area (Å²) in [6.07, 6.45) is 7.62. The Morgan fingerprint density at radius 3 is 1.81 bits per heavy atom. The maximum absolute atomic E-state index is 5.95. The van der Waals surface area contributed by atoms with E-state index in [1.54, 1.807) is 0 Å². The molecule has 1 aromatic rings. The van der Waals surface area contributed by atoms with Crippen LogP contribution in [0, 0.1) is 0 Å². The van der Waals surface area contributed by atoms with Gasteiger partial charge in [0.2, 0.25) is 0 Å². The van der Waals surface area contributed by atoms with E-state index in [9.17, 15) is 0 Å². The molecule has 1 rings (SSSR count). The van der Waals surface area contributed by atoms with Crippen molar-refractivity contribution in [2.24, 2.45) is 0 Å². The van der Waals surface area contributed by atoms with Crippen LogP contribution in [0.25, 0.3) is 0 Å². The fraction of sp³-hybridized carbons (Fsp3) is 0.750. The summed E-state index contributed by atoms with van der Waals surface area (Å²) in [5.41, 5.74) is 2.62. The molecule has 0 aromatic heterocycles. The first-order chi connectivity index (χ1) is 14.9. The maximum Gasteiger partial charge on any atom is 0.500 e. The number of benzene rings is 1. The van der Waals surface area contributed by atoms with Gasteiger partial charge in [0.25, 0.3) is 0 Å². The molecule has 7 heteroatoms. The van der Waals surface area contributed by atoms with E-state index >= 15 is 0 Å². The molecule has 5 nitrogen and oxygen atoms in total. The van der Waals surface area contributed by atoms with Gasteiger partial charge < -0.3 is 23.1 Å². The van der Waals surface area contributed by atoms with Gasteiger partial charge in [-0.2, -0.15) is 0 Å². The number of hydrogen-bond acceptors (Lipinski definition) is 5. The van der Waals surface area contributed by atoms with Crippen LogP contribution in [0.4, 0.5) is 11.4 Å². The predicted molar refractivity (Wildman–Crippen MR) is 138 cm³/mol. The monoisotopic (exact) mass is 466 g/mol. The van der Waals surface area contributed by atoms with Crippen molar-refractivity contribution < 1.29 is 13.3 Å². The van der Waals surface area contributed by atoms with Crippen molar-refractivity contribution in [3.63, 3.8) is 0 Å². The van der Waals surface area contributed by atoms with Gasteiger partial charge in [0, 0.05) is 65.4 Å². The van der Waals surface area contributed by atoms with Gasteiger partial charge in [-0.3, -0.25) is 0 Å². The fourth-order valence-corrected chi connectivity index (χ4v) is 7.78. The third-order valence-electron chi connectivity index (χ3n) is 5.30. The number of rotatable bonds is 18. The summed E-state index contributed by atoms with van der Waals surface area (Å²) in [5, 5.41) is 1.49. The van der Waals surface area contributed by atoms with Crippen molar-refractivity contribution in [1.82, 2.24) is 0 Å². The molecular weight excluding hydrogens is 420 g/mol. The van der Waals surface area contributed by atoms with E-state index in [4.69, 9.17) is 13.3 Å². The van der Waals surface area contributed by atoms with Crippen LogP contribution in [0.2, 0.25) is 12.1 Å². The first kappa shape index (κ1) is 28.2. The first-order valence-electron chi connectivity index (χ1n) is 12.0. The van der Waals surface area contributed by atoms with Gasteiger partial charge in [0.05, 0.1) is 9.52 Å². The smallest absolute Gasteiger partial charge is 0.378 e. The maximum atomic E-state index is 5.95. The first-order valence-corrected chi connectivity index (χ1v) is 15.2. The van der Waals surface area contributed by atoms with Crippen LogP contribution in [0.15, 0.2) is 18.2 Å². The molecule has 178 valence electrons. The Hall–Kier alpha value is -0.866. The molecule has 0 unspecified atom stereocenters. The predicted octanol–water partition coefficient (Wildman–Crippen LogP) is 4.96. The third kappa shape index (κ3) is 10.5. The summed E-state index contributed by atoms with van der Waals surface area (Å²) >= 11 is 0. The van der Waals surface area contributed by atoms with Crippen molar-refractivity contribution in [2.75, 3.05) is 57.8 Å². The average Bonchev–Trinajstić information content (AvgIpc) is 2.73. The molecule has 0 N–H and O–H groups in total. The van der Waals surface area contributed by atoms with E-state index < -0.39 is 8.80 Å². The second-order valence-corrected chi connectivity index (χ2v) is 12.4. The fourth-order valence-electron chi connectivity index (χ4n) is 3.72. The van der Waals surface area contributed by atoms with Gasteiger partial charge in [-0.25, -0.2) is 0 Å². The highest BCUT2D eigenvalue weighted by Gasteiger charge is 2.39. The molecule has 0 atom stereocenters. The van der Waals surface area contributed by atoms with Crippen LogP contribution in [0.3, 0.4) is 0 Å². The molecule has 0 amide bonds. The summed E-state index contributed by atoms with van der Waals surface area (Å²) in [6.45, 7) is 8.08. The van der Waals surface area contributed by atoms with Gasteiger partial charge in [0.15, 0.2) is 0 Å². The lowest BCUT2D eigenvalue weighted by molar-refractivity contribution is 0.0706. The molecule has 2 radical (unpaired) electrons. The standard InChI is InChI=1S/C24H46N2O3Si2/c1-8-27-31(28-9-2,29-10-3)20-16-14-12-11-13-15-19-30-24-18-17-22(25(4)5)21-23(24)26(6)7/h17-18,21H,8-16,19-20H2,1-7H3. The number of hydrogen-bond donors (Lipinski definition) is 0. The molecule has 31 heavy (non-hydrogen) atoms. The molecule has 0 aliphatic carbocycles. The van der Waals surface area contributed by atoms with E-state index in [1.807, 2.05) is 20.8 Å². The van der Waals surface area contributed by atoms with E-state index in [0.717, 1.165) is 22.0 Å². The van der Waals surface area contributed by atoms with Crippen molar-refractivity contribution >= 4 is 34.9 Å². The lowest BCUT2D eigenvalue weighted by Gasteiger charge is -2.28. The van der Waals surface area contributed by atoms with Crippen LogP contribution >= 0.6 is 0 Å². The van der Waals surface area contributed by atoms with Gasteiger partial charge >= 0.3 is 8.80 Å². The van der Waals surface area contributed by atoms with E-state index in [1.165, 1.54) is 54.7 Å². The molecule has 0 spiro atoms. The second kappa shape index (κ2) is 15.9. The Balaban J connectivity index is 2.28. The second-order valence-electron chi connectivity index (χ2n) is 8.27. The topological polar surface area (TPSA) is 34.2 Å². The zero-order valence-corrected chi connectivity index (χ0v) is 23.1. The van der Waals surface area contributed by atoms with Gasteiger partial charge in [0.1, 0.15) is 0 Å². The van der Waals surface area contributed by atoms with Crippen molar-refractivity contribution in [2.45, 2.75) is 71.4 Å². The summed E-state index contributed by atoms with van der Waals surface area (Å²) in [4.78, 5) is 4.41. The molecule has 0 fully saturated rings. The highest BCUT2D eigenvalue weighted by Crippen LogP contribution is 2.21.